The molecule has 25 heavy (non-hydrogen) atoms. The Morgan fingerprint density at radius 2 is 1.88 bits per heavy atom. The zero-order valence-corrected chi connectivity index (χ0v) is 13.9. The zero-order chi connectivity index (χ0) is 17.8. The van der Waals surface area contributed by atoms with Crippen molar-refractivity contribution in [2.75, 3.05) is 38.0 Å². The number of hydrogen-bond acceptors (Lipinski definition) is 5. The van der Waals surface area contributed by atoms with Gasteiger partial charge in [-0.05, 0) is 30.8 Å². The molecule has 1 aromatic heterocycles. The molecular formula is C17H19F2N5O. The van der Waals surface area contributed by atoms with Crippen molar-refractivity contribution in [3.05, 3.63) is 47.7 Å². The molecule has 1 aliphatic rings. The summed E-state index contributed by atoms with van der Waals surface area (Å²) < 4.78 is 26.5. The highest BCUT2D eigenvalue weighted by molar-refractivity contribution is 5.92. The number of likely N-dealkylation sites (N-methyl/N-ethyl adjacent to an activating group) is 1. The van der Waals surface area contributed by atoms with Gasteiger partial charge in [-0.2, -0.15) is 0 Å². The fourth-order valence-electron chi connectivity index (χ4n) is 2.67. The van der Waals surface area contributed by atoms with Gasteiger partial charge in [0.15, 0.2) is 11.5 Å². The maximum atomic E-state index is 13.6. The van der Waals surface area contributed by atoms with Crippen LogP contribution in [0, 0.1) is 11.6 Å². The Balaban J connectivity index is 1.64. The van der Waals surface area contributed by atoms with Crippen LogP contribution in [0.2, 0.25) is 0 Å². The van der Waals surface area contributed by atoms with Gasteiger partial charge in [0.25, 0.3) is 5.91 Å². The molecule has 0 radical (unpaired) electrons. The van der Waals surface area contributed by atoms with Gasteiger partial charge in [-0.15, -0.1) is 10.2 Å². The largest absolute Gasteiger partial charge is 0.336 e. The molecule has 0 aliphatic carbocycles. The minimum atomic E-state index is -0.726. The summed E-state index contributed by atoms with van der Waals surface area (Å²) in [7, 11) is 0. The van der Waals surface area contributed by atoms with Gasteiger partial charge in [-0.25, -0.2) is 8.78 Å². The second-order valence-electron chi connectivity index (χ2n) is 5.78. The van der Waals surface area contributed by atoms with Gasteiger partial charge in [0.05, 0.1) is 5.69 Å². The molecule has 6 nitrogen and oxygen atoms in total. The van der Waals surface area contributed by atoms with Gasteiger partial charge in [-0.1, -0.05) is 6.92 Å². The maximum Gasteiger partial charge on any atom is 0.274 e. The first-order valence-corrected chi connectivity index (χ1v) is 8.14. The van der Waals surface area contributed by atoms with E-state index in [2.05, 4.69) is 27.3 Å². The second-order valence-corrected chi connectivity index (χ2v) is 5.78. The molecule has 0 saturated carbocycles. The van der Waals surface area contributed by atoms with Crippen LogP contribution in [0.4, 0.5) is 20.3 Å². The number of aromatic nitrogens is 2. The number of hydrogen-bond donors (Lipinski definition) is 1. The number of carbonyl (C=O) groups excluding carboxylic acids is 1. The Bertz CT molecular complexity index is 745. The van der Waals surface area contributed by atoms with E-state index < -0.39 is 11.6 Å². The number of nitrogens with one attached hydrogen (secondary N) is 1. The van der Waals surface area contributed by atoms with Gasteiger partial charge in [-0.3, -0.25) is 4.79 Å². The topological polar surface area (TPSA) is 61.4 Å². The molecule has 0 bridgehead atoms. The van der Waals surface area contributed by atoms with E-state index in [9.17, 15) is 13.6 Å². The first kappa shape index (κ1) is 17.2. The predicted molar refractivity (Wildman–Crippen MR) is 89.7 cm³/mol. The van der Waals surface area contributed by atoms with Crippen LogP contribution < -0.4 is 5.32 Å². The highest BCUT2D eigenvalue weighted by Crippen LogP contribution is 2.19. The smallest absolute Gasteiger partial charge is 0.274 e. The fourth-order valence-corrected chi connectivity index (χ4v) is 2.67. The zero-order valence-electron chi connectivity index (χ0n) is 13.9. The highest BCUT2D eigenvalue weighted by atomic mass is 19.1. The van der Waals surface area contributed by atoms with E-state index in [1.165, 1.54) is 6.07 Å². The summed E-state index contributed by atoms with van der Waals surface area (Å²) >= 11 is 0. The molecular weight excluding hydrogens is 328 g/mol. The number of benzene rings is 1. The molecule has 2 heterocycles. The standard InChI is InChI=1S/C17H19F2N5O/c1-2-23-7-9-24(10-8-23)17(25)15-5-6-16(22-21-15)20-14-4-3-12(18)11-13(14)19/h3-6,11H,2,7-10H2,1H3,(H,20,22). The second kappa shape index (κ2) is 7.52. The molecule has 8 heteroatoms. The number of carbonyl (C=O) groups is 1. The molecule has 0 atom stereocenters. The van der Waals surface area contributed by atoms with E-state index in [1.807, 2.05) is 0 Å². The van der Waals surface area contributed by atoms with Crippen LogP contribution in [0.15, 0.2) is 30.3 Å². The molecule has 0 unspecified atom stereocenters. The van der Waals surface area contributed by atoms with E-state index in [4.69, 9.17) is 0 Å². The van der Waals surface area contributed by atoms with Crippen LogP contribution in [-0.2, 0) is 0 Å². The third kappa shape index (κ3) is 4.08. The lowest BCUT2D eigenvalue weighted by Crippen LogP contribution is -2.48. The average Bonchev–Trinajstić information content (AvgIpc) is 2.64. The van der Waals surface area contributed by atoms with Crippen molar-refractivity contribution in [3.8, 4) is 0 Å². The van der Waals surface area contributed by atoms with E-state index in [0.717, 1.165) is 31.8 Å². The molecule has 2 aromatic rings. The first-order valence-electron chi connectivity index (χ1n) is 8.14. The van der Waals surface area contributed by atoms with Crippen LogP contribution in [0.25, 0.3) is 0 Å². The van der Waals surface area contributed by atoms with E-state index >= 15 is 0 Å². The van der Waals surface area contributed by atoms with Gasteiger partial charge in [0.1, 0.15) is 11.6 Å². The average molecular weight is 347 g/mol. The molecule has 132 valence electrons. The highest BCUT2D eigenvalue weighted by Gasteiger charge is 2.22. The Kier molecular flexibility index (Phi) is 5.18. The third-order valence-corrected chi connectivity index (χ3v) is 4.18. The summed E-state index contributed by atoms with van der Waals surface area (Å²) in [5.74, 6) is -1.27. The first-order chi connectivity index (χ1) is 12.1. The van der Waals surface area contributed by atoms with Crippen molar-refractivity contribution < 1.29 is 13.6 Å². The van der Waals surface area contributed by atoms with Crippen molar-refractivity contribution in [1.29, 1.82) is 0 Å². The van der Waals surface area contributed by atoms with E-state index in [1.54, 1.807) is 17.0 Å². The minimum Gasteiger partial charge on any atom is -0.336 e. The van der Waals surface area contributed by atoms with Crippen molar-refractivity contribution in [2.45, 2.75) is 6.92 Å². The number of nitrogens with zero attached hydrogens (tertiary/aromatic N) is 4. The molecule has 0 spiro atoms. The lowest BCUT2D eigenvalue weighted by molar-refractivity contribution is 0.0636. The Morgan fingerprint density at radius 1 is 1.12 bits per heavy atom. The lowest BCUT2D eigenvalue weighted by Gasteiger charge is -2.33. The van der Waals surface area contributed by atoms with Gasteiger partial charge < -0.3 is 15.1 Å². The normalized spacial score (nSPS) is 15.2. The minimum absolute atomic E-state index is 0.0884. The predicted octanol–water partition coefficient (Wildman–Crippen LogP) is 2.28. The van der Waals surface area contributed by atoms with Crippen molar-refractivity contribution in [1.82, 2.24) is 20.0 Å². The van der Waals surface area contributed by atoms with Crippen LogP contribution >= 0.6 is 0 Å². The van der Waals surface area contributed by atoms with Crippen LogP contribution in [-0.4, -0.2) is 58.6 Å². The SMILES string of the molecule is CCN1CCN(C(=O)c2ccc(Nc3ccc(F)cc3F)nn2)CC1. The molecule has 1 amide bonds. The summed E-state index contributed by atoms with van der Waals surface area (Å²) in [5.41, 5.74) is 0.334. The van der Waals surface area contributed by atoms with Crippen LogP contribution in [0.3, 0.4) is 0 Å². The Labute approximate surface area is 144 Å². The number of halogens is 2. The van der Waals surface area contributed by atoms with Crippen molar-refractivity contribution >= 4 is 17.4 Å². The van der Waals surface area contributed by atoms with Crippen molar-refractivity contribution in [2.24, 2.45) is 0 Å². The van der Waals surface area contributed by atoms with Crippen molar-refractivity contribution in [3.63, 3.8) is 0 Å². The molecule has 1 saturated heterocycles. The van der Waals surface area contributed by atoms with Gasteiger partial charge in [0, 0.05) is 32.2 Å². The quantitative estimate of drug-likeness (QED) is 0.919. The third-order valence-electron chi connectivity index (χ3n) is 4.18. The number of piperazine rings is 1. The molecule has 3 rings (SSSR count). The van der Waals surface area contributed by atoms with Crippen LogP contribution in [0.5, 0.6) is 0 Å². The fraction of sp³-hybridized carbons (Fsp3) is 0.353. The Hall–Kier alpha value is -2.61. The molecule has 1 fully saturated rings. The summed E-state index contributed by atoms with van der Waals surface area (Å²) in [6, 6.07) is 6.30. The van der Waals surface area contributed by atoms with E-state index in [0.29, 0.717) is 13.1 Å². The maximum absolute atomic E-state index is 13.6. The number of anilines is 2. The summed E-state index contributed by atoms with van der Waals surface area (Å²) in [5, 5.41) is 10.5. The molecule has 1 aliphatic heterocycles. The van der Waals surface area contributed by atoms with Gasteiger partial charge in [0.2, 0.25) is 0 Å². The molecule has 1 N–H and O–H groups in total. The number of amides is 1. The summed E-state index contributed by atoms with van der Waals surface area (Å²) in [6.07, 6.45) is 0. The monoisotopic (exact) mass is 347 g/mol. The van der Waals surface area contributed by atoms with Gasteiger partial charge >= 0.3 is 0 Å². The van der Waals surface area contributed by atoms with E-state index in [-0.39, 0.29) is 23.1 Å². The van der Waals surface area contributed by atoms with Crippen LogP contribution in [0.1, 0.15) is 17.4 Å². The number of rotatable bonds is 4. The summed E-state index contributed by atoms with van der Waals surface area (Å²) in [6.45, 7) is 6.09. The Morgan fingerprint density at radius 3 is 2.48 bits per heavy atom. The lowest BCUT2D eigenvalue weighted by atomic mass is 10.2. The summed E-state index contributed by atoms with van der Waals surface area (Å²) in [4.78, 5) is 16.5. The molecule has 1 aromatic carbocycles.